The van der Waals surface area contributed by atoms with Gasteiger partial charge in [-0.15, -0.1) is 0 Å². The third kappa shape index (κ3) is 3.09. The van der Waals surface area contributed by atoms with Crippen LogP contribution in [0, 0.1) is 13.8 Å². The van der Waals surface area contributed by atoms with Crippen molar-refractivity contribution in [3.8, 4) is 0 Å². The van der Waals surface area contributed by atoms with Gasteiger partial charge in [0.05, 0.1) is 17.3 Å². The molecule has 100 valence electrons. The number of hydrogen-bond donors (Lipinski definition) is 2. The van der Waals surface area contributed by atoms with Crippen LogP contribution in [0.1, 0.15) is 27.4 Å². The normalized spacial score (nSPS) is 10.5. The zero-order valence-corrected chi connectivity index (χ0v) is 11.4. The lowest BCUT2D eigenvalue weighted by Gasteiger charge is -2.07. The third-order valence-electron chi connectivity index (χ3n) is 2.74. The monoisotopic (exact) mass is 279 g/mol. The average molecular weight is 280 g/mol. The first kappa shape index (κ1) is 13.5. The zero-order chi connectivity index (χ0) is 14.0. The van der Waals surface area contributed by atoms with E-state index in [4.69, 9.17) is 21.1 Å². The summed E-state index contributed by atoms with van der Waals surface area (Å²) in [6.07, 6.45) is 0. The van der Waals surface area contributed by atoms with Gasteiger partial charge in [0.25, 0.3) is 0 Å². The SMILES string of the molecule is Cc1ccc(NCc2cc(C)c(C(=O)O)o2)c(Cl)c1. The van der Waals surface area contributed by atoms with Gasteiger partial charge in [0.1, 0.15) is 5.76 Å². The van der Waals surface area contributed by atoms with E-state index in [1.807, 2.05) is 25.1 Å². The van der Waals surface area contributed by atoms with Crippen LogP contribution in [0.2, 0.25) is 5.02 Å². The smallest absolute Gasteiger partial charge is 0.372 e. The predicted molar refractivity (Wildman–Crippen MR) is 73.9 cm³/mol. The van der Waals surface area contributed by atoms with Gasteiger partial charge in [-0.3, -0.25) is 0 Å². The third-order valence-corrected chi connectivity index (χ3v) is 3.05. The fourth-order valence-electron chi connectivity index (χ4n) is 1.79. The molecule has 2 aromatic rings. The van der Waals surface area contributed by atoms with E-state index in [1.165, 1.54) is 0 Å². The van der Waals surface area contributed by atoms with Crippen molar-refractivity contribution in [2.75, 3.05) is 5.32 Å². The number of carboxylic acid groups (broad SMARTS) is 1. The molecule has 0 fully saturated rings. The summed E-state index contributed by atoms with van der Waals surface area (Å²) in [4.78, 5) is 10.9. The summed E-state index contributed by atoms with van der Waals surface area (Å²) in [6, 6.07) is 7.40. The van der Waals surface area contributed by atoms with Gasteiger partial charge < -0.3 is 14.8 Å². The Morgan fingerprint density at radius 2 is 2.11 bits per heavy atom. The van der Waals surface area contributed by atoms with Gasteiger partial charge in [-0.05, 0) is 37.6 Å². The zero-order valence-electron chi connectivity index (χ0n) is 10.7. The van der Waals surface area contributed by atoms with Crippen LogP contribution in [0.25, 0.3) is 0 Å². The number of nitrogens with one attached hydrogen (secondary N) is 1. The maximum absolute atomic E-state index is 10.9. The number of benzene rings is 1. The van der Waals surface area contributed by atoms with Crippen LogP contribution >= 0.6 is 11.6 Å². The van der Waals surface area contributed by atoms with Crippen molar-refractivity contribution < 1.29 is 14.3 Å². The summed E-state index contributed by atoms with van der Waals surface area (Å²) in [5.74, 6) is -0.518. The van der Waals surface area contributed by atoms with Crippen molar-refractivity contribution in [3.05, 3.63) is 51.9 Å². The van der Waals surface area contributed by atoms with Gasteiger partial charge in [-0.25, -0.2) is 4.79 Å². The average Bonchev–Trinajstić information content (AvgIpc) is 2.69. The molecule has 1 aromatic carbocycles. The minimum Gasteiger partial charge on any atom is -0.475 e. The molecule has 0 amide bonds. The van der Waals surface area contributed by atoms with Gasteiger partial charge in [0.15, 0.2) is 0 Å². The van der Waals surface area contributed by atoms with Crippen LogP contribution in [-0.4, -0.2) is 11.1 Å². The van der Waals surface area contributed by atoms with E-state index in [-0.39, 0.29) is 5.76 Å². The number of aryl methyl sites for hydroxylation is 2. The highest BCUT2D eigenvalue weighted by Gasteiger charge is 2.14. The number of carboxylic acids is 1. The minimum atomic E-state index is -1.06. The molecule has 0 bridgehead atoms. The van der Waals surface area contributed by atoms with Crippen molar-refractivity contribution in [2.45, 2.75) is 20.4 Å². The van der Waals surface area contributed by atoms with Gasteiger partial charge in [0.2, 0.25) is 5.76 Å². The standard InChI is InChI=1S/C14H14ClNO3/c1-8-3-4-12(11(15)5-8)16-7-10-6-9(2)13(19-10)14(17)18/h3-6,16H,7H2,1-2H3,(H,17,18). The molecule has 0 aliphatic carbocycles. The number of rotatable bonds is 4. The van der Waals surface area contributed by atoms with Gasteiger partial charge in [-0.2, -0.15) is 0 Å². The van der Waals surface area contributed by atoms with Crippen molar-refractivity contribution >= 4 is 23.3 Å². The summed E-state index contributed by atoms with van der Waals surface area (Å²) >= 11 is 6.10. The Hall–Kier alpha value is -1.94. The first-order valence-electron chi connectivity index (χ1n) is 5.80. The van der Waals surface area contributed by atoms with Crippen molar-refractivity contribution in [1.29, 1.82) is 0 Å². The molecule has 0 saturated heterocycles. The lowest BCUT2D eigenvalue weighted by molar-refractivity contribution is 0.0659. The first-order chi connectivity index (χ1) is 8.97. The molecule has 0 aliphatic rings. The highest BCUT2D eigenvalue weighted by atomic mass is 35.5. The van der Waals surface area contributed by atoms with Crippen LogP contribution in [0.4, 0.5) is 5.69 Å². The number of hydrogen-bond acceptors (Lipinski definition) is 3. The number of aromatic carboxylic acids is 1. The molecule has 5 heteroatoms. The second kappa shape index (κ2) is 5.36. The number of furan rings is 1. The Kier molecular flexibility index (Phi) is 3.81. The summed E-state index contributed by atoms with van der Waals surface area (Å²) in [5, 5.41) is 12.6. The van der Waals surface area contributed by atoms with E-state index in [0.29, 0.717) is 22.9 Å². The van der Waals surface area contributed by atoms with Crippen molar-refractivity contribution in [3.63, 3.8) is 0 Å². The lowest BCUT2D eigenvalue weighted by Crippen LogP contribution is -1.99. The molecule has 0 unspecified atom stereocenters. The van der Waals surface area contributed by atoms with E-state index in [1.54, 1.807) is 13.0 Å². The molecule has 0 spiro atoms. The van der Waals surface area contributed by atoms with E-state index in [0.717, 1.165) is 11.3 Å². The molecule has 2 N–H and O–H groups in total. The summed E-state index contributed by atoms with van der Waals surface area (Å²) < 4.78 is 5.26. The van der Waals surface area contributed by atoms with Gasteiger partial charge >= 0.3 is 5.97 Å². The quantitative estimate of drug-likeness (QED) is 0.892. The molecule has 1 aromatic heterocycles. The first-order valence-corrected chi connectivity index (χ1v) is 6.18. The predicted octanol–water partition coefficient (Wildman–Crippen LogP) is 3.86. The molecular formula is C14H14ClNO3. The van der Waals surface area contributed by atoms with Crippen molar-refractivity contribution in [1.82, 2.24) is 0 Å². The fraction of sp³-hybridized carbons (Fsp3) is 0.214. The fourth-order valence-corrected chi connectivity index (χ4v) is 2.10. The molecule has 0 atom stereocenters. The van der Waals surface area contributed by atoms with Crippen LogP contribution in [0.3, 0.4) is 0 Å². The Bertz CT molecular complexity index is 619. The molecule has 1 heterocycles. The Labute approximate surface area is 116 Å². The highest BCUT2D eigenvalue weighted by Crippen LogP contribution is 2.24. The molecule has 0 radical (unpaired) electrons. The molecule has 0 saturated carbocycles. The summed E-state index contributed by atoms with van der Waals surface area (Å²) in [6.45, 7) is 4.05. The summed E-state index contributed by atoms with van der Waals surface area (Å²) in [5.41, 5.74) is 2.48. The Morgan fingerprint density at radius 1 is 1.37 bits per heavy atom. The molecule has 4 nitrogen and oxygen atoms in total. The van der Waals surface area contributed by atoms with Crippen LogP contribution in [0.15, 0.2) is 28.7 Å². The largest absolute Gasteiger partial charge is 0.475 e. The number of halogens is 1. The van der Waals surface area contributed by atoms with Crippen LogP contribution in [-0.2, 0) is 6.54 Å². The maximum Gasteiger partial charge on any atom is 0.372 e. The Morgan fingerprint density at radius 3 is 2.68 bits per heavy atom. The topological polar surface area (TPSA) is 62.5 Å². The van der Waals surface area contributed by atoms with E-state index < -0.39 is 5.97 Å². The van der Waals surface area contributed by atoms with Gasteiger partial charge in [0, 0.05) is 5.56 Å². The van der Waals surface area contributed by atoms with E-state index in [2.05, 4.69) is 5.32 Å². The van der Waals surface area contributed by atoms with Crippen LogP contribution in [0.5, 0.6) is 0 Å². The van der Waals surface area contributed by atoms with E-state index in [9.17, 15) is 4.79 Å². The summed E-state index contributed by atoms with van der Waals surface area (Å²) in [7, 11) is 0. The Balaban J connectivity index is 2.10. The molecule has 2 rings (SSSR count). The molecular weight excluding hydrogens is 266 g/mol. The molecule has 19 heavy (non-hydrogen) atoms. The lowest BCUT2D eigenvalue weighted by atomic mass is 10.2. The maximum atomic E-state index is 10.9. The van der Waals surface area contributed by atoms with Gasteiger partial charge in [-0.1, -0.05) is 17.7 Å². The highest BCUT2D eigenvalue weighted by molar-refractivity contribution is 6.33. The second-order valence-corrected chi connectivity index (χ2v) is 4.77. The van der Waals surface area contributed by atoms with Crippen molar-refractivity contribution in [2.24, 2.45) is 0 Å². The molecule has 0 aliphatic heterocycles. The number of carbonyl (C=O) groups is 1. The van der Waals surface area contributed by atoms with Crippen LogP contribution < -0.4 is 5.32 Å². The van der Waals surface area contributed by atoms with E-state index >= 15 is 0 Å². The second-order valence-electron chi connectivity index (χ2n) is 4.37. The minimum absolute atomic E-state index is 0.0215. The number of anilines is 1.